The lowest BCUT2D eigenvalue weighted by molar-refractivity contribution is 0.126. The monoisotopic (exact) mass is 441 g/mol. The van der Waals surface area contributed by atoms with Gasteiger partial charge in [-0.2, -0.15) is 0 Å². The van der Waals surface area contributed by atoms with E-state index in [2.05, 4.69) is 38.3 Å². The molecule has 1 fully saturated rings. The normalized spacial score (nSPS) is 17.8. The Bertz CT molecular complexity index is 866. The minimum atomic E-state index is -0.270. The Balaban J connectivity index is 1.65. The second-order valence-corrected chi connectivity index (χ2v) is 9.72. The highest BCUT2D eigenvalue weighted by molar-refractivity contribution is 5.74. The van der Waals surface area contributed by atoms with Crippen molar-refractivity contribution in [2.45, 2.75) is 65.2 Å². The van der Waals surface area contributed by atoms with Gasteiger partial charge in [-0.1, -0.05) is 38.1 Å². The molecule has 2 amide bonds. The maximum atomic E-state index is 13.4. The summed E-state index contributed by atoms with van der Waals surface area (Å²) < 4.78 is 19.1. The summed E-state index contributed by atoms with van der Waals surface area (Å²) in [6, 6.07) is 14.2. The zero-order chi connectivity index (χ0) is 23.1. The quantitative estimate of drug-likeness (QED) is 0.599. The number of hydrogen-bond donors (Lipinski definition) is 2. The predicted molar refractivity (Wildman–Crippen MR) is 126 cm³/mol. The summed E-state index contributed by atoms with van der Waals surface area (Å²) in [6.07, 6.45) is 1.75. The van der Waals surface area contributed by atoms with Crippen LogP contribution in [0.25, 0.3) is 0 Å². The zero-order valence-corrected chi connectivity index (χ0v) is 19.7. The Labute approximate surface area is 191 Å². The molecule has 1 heterocycles. The van der Waals surface area contributed by atoms with E-state index in [-0.39, 0.29) is 23.4 Å². The number of amides is 2. The molecule has 1 atom stereocenters. The summed E-state index contributed by atoms with van der Waals surface area (Å²) >= 11 is 0. The Hall–Kier alpha value is -2.60. The molecule has 2 aromatic carbocycles. The number of urea groups is 1. The molecule has 0 unspecified atom stereocenters. The average Bonchev–Trinajstić information content (AvgIpc) is 2.75. The van der Waals surface area contributed by atoms with Crippen LogP contribution in [0.2, 0.25) is 0 Å². The minimum absolute atomic E-state index is 0.0317. The Kier molecular flexibility index (Phi) is 8.13. The lowest BCUT2D eigenvalue weighted by atomic mass is 9.88. The smallest absolute Gasteiger partial charge is 0.318 e. The summed E-state index contributed by atoms with van der Waals surface area (Å²) in [6.45, 7) is 11.0. The number of ether oxygens (including phenoxy) is 1. The molecular formula is C26H36FN3O2. The molecule has 0 spiro atoms. The molecule has 0 aromatic heterocycles. The molecule has 0 bridgehead atoms. The average molecular weight is 442 g/mol. The summed E-state index contributed by atoms with van der Waals surface area (Å²) in [5, 5.41) is 6.59. The van der Waals surface area contributed by atoms with Gasteiger partial charge in [-0.3, -0.25) is 0 Å². The highest BCUT2D eigenvalue weighted by atomic mass is 19.1. The number of carbonyl (C=O) groups excluding carboxylic acids is 1. The van der Waals surface area contributed by atoms with E-state index >= 15 is 0 Å². The third kappa shape index (κ3) is 7.23. The van der Waals surface area contributed by atoms with Crippen LogP contribution >= 0.6 is 0 Å². The van der Waals surface area contributed by atoms with Gasteiger partial charge in [-0.05, 0) is 74.5 Å². The predicted octanol–water partition coefficient (Wildman–Crippen LogP) is 5.10. The number of carbonyl (C=O) groups is 1. The maximum absolute atomic E-state index is 13.4. The van der Waals surface area contributed by atoms with E-state index in [1.807, 2.05) is 29.2 Å². The fourth-order valence-corrected chi connectivity index (χ4v) is 4.01. The van der Waals surface area contributed by atoms with Gasteiger partial charge in [0.15, 0.2) is 0 Å². The Morgan fingerprint density at radius 3 is 2.44 bits per heavy atom. The zero-order valence-electron chi connectivity index (χ0n) is 19.7. The molecular weight excluding hydrogens is 405 g/mol. The van der Waals surface area contributed by atoms with Gasteiger partial charge >= 0.3 is 6.03 Å². The van der Waals surface area contributed by atoms with Gasteiger partial charge in [-0.15, -0.1) is 0 Å². The Morgan fingerprint density at radius 1 is 1.16 bits per heavy atom. The summed E-state index contributed by atoms with van der Waals surface area (Å²) in [4.78, 5) is 15.1. The van der Waals surface area contributed by atoms with Crippen molar-refractivity contribution in [3.63, 3.8) is 0 Å². The molecule has 0 aliphatic carbocycles. The van der Waals surface area contributed by atoms with E-state index in [0.29, 0.717) is 25.6 Å². The largest absolute Gasteiger partial charge is 0.493 e. The van der Waals surface area contributed by atoms with Gasteiger partial charge in [0.1, 0.15) is 11.6 Å². The standard InChI is InChI=1S/C26H36FN3O2/c1-19(2)18-32-24-11-7-20(8-12-24)16-28-25(31)30(17-21-5-9-22(27)10-6-21)23-13-14-29-26(3,4)15-23/h5-12,19,23,29H,13-18H2,1-4H3,(H,28,31)/t23-/m1/s1. The molecule has 0 saturated carbocycles. The maximum Gasteiger partial charge on any atom is 0.318 e. The molecule has 0 radical (unpaired) electrons. The molecule has 1 aliphatic heterocycles. The van der Waals surface area contributed by atoms with E-state index in [9.17, 15) is 9.18 Å². The van der Waals surface area contributed by atoms with Gasteiger partial charge < -0.3 is 20.3 Å². The molecule has 2 aromatic rings. The molecule has 32 heavy (non-hydrogen) atoms. The van der Waals surface area contributed by atoms with E-state index in [1.54, 1.807) is 12.1 Å². The summed E-state index contributed by atoms with van der Waals surface area (Å²) in [5.41, 5.74) is 1.91. The number of benzene rings is 2. The van der Waals surface area contributed by atoms with Crippen LogP contribution in [0.3, 0.4) is 0 Å². The molecule has 174 valence electrons. The van der Waals surface area contributed by atoms with Crippen LogP contribution in [0.1, 0.15) is 51.7 Å². The highest BCUT2D eigenvalue weighted by Gasteiger charge is 2.33. The first-order valence-electron chi connectivity index (χ1n) is 11.5. The van der Waals surface area contributed by atoms with Gasteiger partial charge in [0.25, 0.3) is 0 Å². The van der Waals surface area contributed by atoms with Crippen LogP contribution in [0, 0.1) is 11.7 Å². The van der Waals surface area contributed by atoms with Crippen LogP contribution in [-0.4, -0.2) is 35.7 Å². The summed E-state index contributed by atoms with van der Waals surface area (Å²) in [5.74, 6) is 1.04. The summed E-state index contributed by atoms with van der Waals surface area (Å²) in [7, 11) is 0. The second-order valence-electron chi connectivity index (χ2n) is 9.72. The molecule has 1 aliphatic rings. The topological polar surface area (TPSA) is 53.6 Å². The van der Waals surface area contributed by atoms with Gasteiger partial charge in [0, 0.05) is 24.7 Å². The fraction of sp³-hybridized carbons (Fsp3) is 0.500. The van der Waals surface area contributed by atoms with E-state index < -0.39 is 0 Å². The van der Waals surface area contributed by atoms with E-state index in [4.69, 9.17) is 4.74 Å². The molecule has 1 saturated heterocycles. The van der Waals surface area contributed by atoms with Crippen molar-refractivity contribution in [3.05, 3.63) is 65.5 Å². The SMILES string of the molecule is CC(C)COc1ccc(CNC(=O)N(Cc2ccc(F)cc2)[C@@H]2CCNC(C)(C)C2)cc1. The first-order valence-corrected chi connectivity index (χ1v) is 11.5. The lowest BCUT2D eigenvalue weighted by Gasteiger charge is -2.42. The number of halogens is 1. The van der Waals surface area contributed by atoms with Crippen molar-refractivity contribution in [2.75, 3.05) is 13.2 Å². The van der Waals surface area contributed by atoms with Crippen LogP contribution in [0.5, 0.6) is 5.75 Å². The van der Waals surface area contributed by atoms with Gasteiger partial charge in [0.2, 0.25) is 0 Å². The number of rotatable bonds is 8. The van der Waals surface area contributed by atoms with E-state index in [1.165, 1.54) is 12.1 Å². The van der Waals surface area contributed by atoms with Crippen molar-refractivity contribution in [1.29, 1.82) is 0 Å². The minimum Gasteiger partial charge on any atom is -0.493 e. The van der Waals surface area contributed by atoms with Gasteiger partial charge in [-0.25, -0.2) is 9.18 Å². The van der Waals surface area contributed by atoms with Crippen molar-refractivity contribution in [3.8, 4) is 5.75 Å². The molecule has 5 nitrogen and oxygen atoms in total. The third-order valence-electron chi connectivity index (χ3n) is 5.75. The van der Waals surface area contributed by atoms with Crippen molar-refractivity contribution in [2.24, 2.45) is 5.92 Å². The van der Waals surface area contributed by atoms with Gasteiger partial charge in [0.05, 0.1) is 6.61 Å². The highest BCUT2D eigenvalue weighted by Crippen LogP contribution is 2.25. The number of nitrogens with zero attached hydrogens (tertiary/aromatic N) is 1. The fourth-order valence-electron chi connectivity index (χ4n) is 4.01. The van der Waals surface area contributed by atoms with Crippen LogP contribution in [0.15, 0.2) is 48.5 Å². The molecule has 3 rings (SSSR count). The third-order valence-corrected chi connectivity index (χ3v) is 5.75. The molecule has 2 N–H and O–H groups in total. The van der Waals surface area contributed by atoms with Crippen molar-refractivity contribution < 1.29 is 13.9 Å². The first-order chi connectivity index (χ1) is 15.2. The number of nitrogens with one attached hydrogen (secondary N) is 2. The Morgan fingerprint density at radius 2 is 1.81 bits per heavy atom. The van der Waals surface area contributed by atoms with Crippen molar-refractivity contribution in [1.82, 2.24) is 15.5 Å². The second kappa shape index (κ2) is 10.8. The molecule has 6 heteroatoms. The van der Waals surface area contributed by atoms with Crippen LogP contribution in [0.4, 0.5) is 9.18 Å². The number of piperidine rings is 1. The van der Waals surface area contributed by atoms with Crippen molar-refractivity contribution >= 4 is 6.03 Å². The first kappa shape index (κ1) is 24.1. The van der Waals surface area contributed by atoms with Crippen LogP contribution in [-0.2, 0) is 13.1 Å². The van der Waals surface area contributed by atoms with E-state index in [0.717, 1.165) is 36.3 Å². The number of hydrogen-bond acceptors (Lipinski definition) is 3. The lowest BCUT2D eigenvalue weighted by Crippen LogP contribution is -2.55. The van der Waals surface area contributed by atoms with Crippen LogP contribution < -0.4 is 15.4 Å².